The highest BCUT2D eigenvalue weighted by atomic mass is 19.1. The minimum atomic E-state index is -0.402. The third-order valence-corrected chi connectivity index (χ3v) is 4.04. The lowest BCUT2D eigenvalue weighted by Gasteiger charge is -2.28. The predicted molar refractivity (Wildman–Crippen MR) is 84.5 cm³/mol. The second-order valence-electron chi connectivity index (χ2n) is 5.54. The highest BCUT2D eigenvalue weighted by molar-refractivity contribution is 5.85. The molecular weight excluding hydrogens is 300 g/mol. The van der Waals surface area contributed by atoms with Crippen LogP contribution in [-0.4, -0.2) is 36.3 Å². The lowest BCUT2D eigenvalue weighted by molar-refractivity contribution is 0.122. The molecule has 0 aliphatic carbocycles. The maximum atomic E-state index is 14.5. The van der Waals surface area contributed by atoms with E-state index in [1.54, 1.807) is 18.3 Å². The number of hydrogen-bond acceptors (Lipinski definition) is 3. The van der Waals surface area contributed by atoms with E-state index in [2.05, 4.69) is 9.97 Å². The van der Waals surface area contributed by atoms with Crippen LogP contribution in [0, 0.1) is 11.6 Å². The topological polar surface area (TPSA) is 41.2 Å². The van der Waals surface area contributed by atoms with Crippen LogP contribution in [0.25, 0.3) is 22.3 Å². The maximum Gasteiger partial charge on any atom is 0.153 e. The van der Waals surface area contributed by atoms with Crippen molar-refractivity contribution in [2.75, 3.05) is 31.2 Å². The van der Waals surface area contributed by atoms with Crippen molar-refractivity contribution < 1.29 is 13.5 Å². The van der Waals surface area contributed by atoms with Crippen molar-refractivity contribution in [2.45, 2.75) is 0 Å². The van der Waals surface area contributed by atoms with Crippen molar-refractivity contribution in [3.8, 4) is 11.4 Å². The number of hydrogen-bond donors (Lipinski definition) is 1. The number of halogens is 2. The van der Waals surface area contributed by atoms with Crippen LogP contribution in [0.2, 0.25) is 0 Å². The molecule has 0 atom stereocenters. The number of pyridine rings is 1. The summed E-state index contributed by atoms with van der Waals surface area (Å²) in [5.74, 6) is -0.733. The first kappa shape index (κ1) is 14.1. The first-order valence-corrected chi connectivity index (χ1v) is 7.47. The number of benzene rings is 1. The summed E-state index contributed by atoms with van der Waals surface area (Å²) in [6, 6.07) is 7.68. The Morgan fingerprint density at radius 3 is 2.70 bits per heavy atom. The zero-order valence-electron chi connectivity index (χ0n) is 12.4. The van der Waals surface area contributed by atoms with Gasteiger partial charge in [-0.1, -0.05) is 0 Å². The Morgan fingerprint density at radius 2 is 1.91 bits per heavy atom. The molecule has 3 aromatic rings. The summed E-state index contributed by atoms with van der Waals surface area (Å²) in [4.78, 5) is 9.32. The first-order chi connectivity index (χ1) is 11.2. The fraction of sp³-hybridized carbons (Fsp3) is 0.235. The zero-order chi connectivity index (χ0) is 15.8. The van der Waals surface area contributed by atoms with Gasteiger partial charge in [-0.3, -0.25) is 0 Å². The normalized spacial score (nSPS) is 15.3. The molecule has 0 spiro atoms. The second kappa shape index (κ2) is 5.62. The molecular formula is C17H15F2N3O. The van der Waals surface area contributed by atoms with Crippen LogP contribution in [0.3, 0.4) is 0 Å². The van der Waals surface area contributed by atoms with Crippen molar-refractivity contribution in [1.82, 2.24) is 9.97 Å². The van der Waals surface area contributed by atoms with Crippen LogP contribution in [-0.2, 0) is 4.74 Å². The Bertz CT molecular complexity index is 856. The number of H-pyrrole nitrogens is 1. The highest BCUT2D eigenvalue weighted by Crippen LogP contribution is 2.27. The molecule has 23 heavy (non-hydrogen) atoms. The van der Waals surface area contributed by atoms with Gasteiger partial charge in [0.25, 0.3) is 0 Å². The number of fused-ring (bicyclic) bond motifs is 1. The summed E-state index contributed by atoms with van der Waals surface area (Å²) in [7, 11) is 0. The molecule has 0 radical (unpaired) electrons. The molecule has 1 saturated heterocycles. The van der Waals surface area contributed by atoms with Crippen molar-refractivity contribution in [1.29, 1.82) is 0 Å². The second-order valence-corrected chi connectivity index (χ2v) is 5.54. The van der Waals surface area contributed by atoms with E-state index < -0.39 is 5.82 Å². The van der Waals surface area contributed by atoms with Crippen molar-refractivity contribution in [3.05, 3.63) is 48.2 Å². The number of nitrogens with zero attached hydrogens (tertiary/aromatic N) is 2. The number of morpholine rings is 1. The Labute approximate surface area is 131 Å². The van der Waals surface area contributed by atoms with Gasteiger partial charge < -0.3 is 14.6 Å². The Kier molecular flexibility index (Phi) is 3.46. The molecule has 1 aliphatic rings. The lowest BCUT2D eigenvalue weighted by atomic mass is 10.2. The summed E-state index contributed by atoms with van der Waals surface area (Å²) >= 11 is 0. The smallest absolute Gasteiger partial charge is 0.153 e. The number of ether oxygens (including phenoxy) is 1. The molecule has 2 aromatic heterocycles. The highest BCUT2D eigenvalue weighted by Gasteiger charge is 2.16. The molecule has 0 unspecified atom stereocenters. The third kappa shape index (κ3) is 2.66. The van der Waals surface area contributed by atoms with E-state index in [0.29, 0.717) is 24.4 Å². The van der Waals surface area contributed by atoms with Gasteiger partial charge in [0, 0.05) is 30.1 Å². The Hall–Kier alpha value is -2.47. The fourth-order valence-electron chi connectivity index (χ4n) is 2.85. The van der Waals surface area contributed by atoms with E-state index in [4.69, 9.17) is 4.74 Å². The number of aromatic amines is 1. The molecule has 1 N–H and O–H groups in total. The van der Waals surface area contributed by atoms with Gasteiger partial charge in [-0.25, -0.2) is 13.8 Å². The SMILES string of the molecule is Fc1ccc2cc(-c3ncc(N4CCOCC4)cc3F)[nH]c2c1. The van der Waals surface area contributed by atoms with Crippen LogP contribution in [0.4, 0.5) is 14.5 Å². The number of aromatic nitrogens is 2. The van der Waals surface area contributed by atoms with Crippen LogP contribution in [0.5, 0.6) is 0 Å². The van der Waals surface area contributed by atoms with Gasteiger partial charge in [-0.05, 0) is 24.3 Å². The first-order valence-electron chi connectivity index (χ1n) is 7.47. The number of rotatable bonds is 2. The van der Waals surface area contributed by atoms with Crippen LogP contribution >= 0.6 is 0 Å². The van der Waals surface area contributed by atoms with Gasteiger partial charge in [-0.2, -0.15) is 0 Å². The summed E-state index contributed by atoms with van der Waals surface area (Å²) in [5, 5.41) is 0.819. The summed E-state index contributed by atoms with van der Waals surface area (Å²) < 4.78 is 33.0. The largest absolute Gasteiger partial charge is 0.378 e. The fourth-order valence-corrected chi connectivity index (χ4v) is 2.85. The standard InChI is InChI=1S/C17H15F2N3O/c18-12-2-1-11-7-16(21-15(11)8-12)17-14(19)9-13(10-20-17)22-3-5-23-6-4-22/h1-2,7-10,21H,3-6H2. The molecule has 6 heteroatoms. The van der Waals surface area contributed by atoms with Crippen molar-refractivity contribution in [2.24, 2.45) is 0 Å². The number of nitrogens with one attached hydrogen (secondary N) is 1. The van der Waals surface area contributed by atoms with Gasteiger partial charge in [-0.15, -0.1) is 0 Å². The maximum absolute atomic E-state index is 14.5. The average Bonchev–Trinajstić information content (AvgIpc) is 2.98. The van der Waals surface area contributed by atoms with E-state index in [0.717, 1.165) is 24.2 Å². The molecule has 0 amide bonds. The molecule has 4 rings (SSSR count). The molecule has 118 valence electrons. The minimum Gasteiger partial charge on any atom is -0.378 e. The third-order valence-electron chi connectivity index (χ3n) is 4.04. The molecule has 0 bridgehead atoms. The van der Waals surface area contributed by atoms with Gasteiger partial charge in [0.2, 0.25) is 0 Å². The number of anilines is 1. The van der Waals surface area contributed by atoms with Gasteiger partial charge in [0.05, 0.1) is 30.8 Å². The molecule has 4 nitrogen and oxygen atoms in total. The van der Waals surface area contributed by atoms with Crippen molar-refractivity contribution in [3.63, 3.8) is 0 Å². The average molecular weight is 315 g/mol. The summed E-state index contributed by atoms with van der Waals surface area (Å²) in [6.45, 7) is 2.73. The van der Waals surface area contributed by atoms with E-state index >= 15 is 0 Å². The minimum absolute atomic E-state index is 0.235. The van der Waals surface area contributed by atoms with Crippen LogP contribution in [0.15, 0.2) is 36.5 Å². The molecule has 1 aliphatic heterocycles. The molecule has 0 saturated carbocycles. The van der Waals surface area contributed by atoms with Crippen molar-refractivity contribution >= 4 is 16.6 Å². The molecule has 1 aromatic carbocycles. The monoisotopic (exact) mass is 315 g/mol. The zero-order valence-corrected chi connectivity index (χ0v) is 12.4. The van der Waals surface area contributed by atoms with Gasteiger partial charge >= 0.3 is 0 Å². The Balaban J connectivity index is 1.70. The van der Waals surface area contributed by atoms with Crippen LogP contribution in [0.1, 0.15) is 0 Å². The molecule has 3 heterocycles. The van der Waals surface area contributed by atoms with E-state index in [9.17, 15) is 8.78 Å². The van der Waals surface area contributed by atoms with Gasteiger partial charge in [0.1, 0.15) is 11.5 Å². The van der Waals surface area contributed by atoms with E-state index in [1.165, 1.54) is 18.2 Å². The summed E-state index contributed by atoms with van der Waals surface area (Å²) in [6.07, 6.45) is 1.66. The van der Waals surface area contributed by atoms with E-state index in [1.807, 2.05) is 4.90 Å². The molecule has 1 fully saturated rings. The lowest BCUT2D eigenvalue weighted by Crippen LogP contribution is -2.36. The Morgan fingerprint density at radius 1 is 1.09 bits per heavy atom. The van der Waals surface area contributed by atoms with Crippen LogP contribution < -0.4 is 4.90 Å². The van der Waals surface area contributed by atoms with E-state index in [-0.39, 0.29) is 11.5 Å². The summed E-state index contributed by atoms with van der Waals surface area (Å²) in [5.41, 5.74) is 2.14. The van der Waals surface area contributed by atoms with Gasteiger partial charge in [0.15, 0.2) is 5.82 Å². The predicted octanol–water partition coefficient (Wildman–Crippen LogP) is 3.34. The quantitative estimate of drug-likeness (QED) is 0.788.